The second kappa shape index (κ2) is 12.0. The van der Waals surface area contributed by atoms with Crippen molar-refractivity contribution >= 4 is 35.4 Å². The summed E-state index contributed by atoms with van der Waals surface area (Å²) >= 11 is 0. The van der Waals surface area contributed by atoms with Crippen LogP contribution < -0.4 is 10.6 Å². The molecular weight excluding hydrogens is 564 g/mol. The molecule has 2 aliphatic heterocycles. The number of morpholine rings is 1. The number of amides is 5. The Morgan fingerprint density at radius 2 is 1.75 bits per heavy atom. The number of hydrogen-bond donors (Lipinski definition) is 3. The van der Waals surface area contributed by atoms with Gasteiger partial charge in [-0.15, -0.1) is 0 Å². The monoisotopic (exact) mass is 598 g/mol. The topological polar surface area (TPSA) is 144 Å². The Bertz CT molecular complexity index is 1620. The van der Waals surface area contributed by atoms with E-state index in [0.717, 1.165) is 27.8 Å². The number of fused-ring (bicyclic) bond motifs is 3. The van der Waals surface area contributed by atoms with Crippen molar-refractivity contribution in [3.05, 3.63) is 88.6 Å². The van der Waals surface area contributed by atoms with E-state index in [1.165, 1.54) is 16.8 Å². The number of hydrogen-bond acceptors (Lipinski definition) is 6. The van der Waals surface area contributed by atoms with Crippen LogP contribution in [0, 0.1) is 0 Å². The molecule has 12 nitrogen and oxygen atoms in total. The molecule has 1 unspecified atom stereocenters. The number of pyridine rings is 1. The summed E-state index contributed by atoms with van der Waals surface area (Å²) in [4.78, 5) is 60.2. The highest BCUT2D eigenvalue weighted by atomic mass is 16.5. The van der Waals surface area contributed by atoms with Gasteiger partial charge in [0, 0.05) is 50.7 Å². The molecule has 0 saturated carbocycles. The summed E-state index contributed by atoms with van der Waals surface area (Å²) in [6, 6.07) is 16.4. The molecule has 2 aromatic carbocycles. The first-order valence-electron chi connectivity index (χ1n) is 14.5. The van der Waals surface area contributed by atoms with E-state index in [0.29, 0.717) is 50.7 Å². The predicted octanol–water partition coefficient (Wildman–Crippen LogP) is 3.07. The number of carbonyl (C=O) groups is 4. The number of benzene rings is 2. The van der Waals surface area contributed by atoms with Gasteiger partial charge in [-0.1, -0.05) is 36.4 Å². The molecule has 1 fully saturated rings. The number of ether oxygens (including phenoxy) is 1. The summed E-state index contributed by atoms with van der Waals surface area (Å²) in [5, 5.41) is 15.2. The van der Waals surface area contributed by atoms with E-state index in [1.54, 1.807) is 11.1 Å². The summed E-state index contributed by atoms with van der Waals surface area (Å²) in [5.74, 6) is 0.160. The van der Waals surface area contributed by atoms with Gasteiger partial charge in [-0.3, -0.25) is 9.59 Å². The number of carbonyl (C=O) groups excluding carboxylic acids is 3. The third-order valence-corrected chi connectivity index (χ3v) is 8.56. The number of urea groups is 1. The zero-order valence-electron chi connectivity index (χ0n) is 24.4. The molecule has 6 rings (SSSR count). The number of nitrogens with zero attached hydrogens (tertiary/aromatic N) is 4. The van der Waals surface area contributed by atoms with Gasteiger partial charge in [-0.25, -0.2) is 14.6 Å². The SMILES string of the molecule is CN(Cc1ccccc1CN(CC(=O)Nc1ccc2c(c1)CC1(C2)C(=O)Nc2ncccc21)C(=O)N1CCOCC1)C(=O)O. The maximum absolute atomic E-state index is 13.6. The maximum atomic E-state index is 13.6. The fraction of sp³-hybridized carbons (Fsp3) is 0.344. The van der Waals surface area contributed by atoms with Crippen molar-refractivity contribution in [3.8, 4) is 0 Å². The number of aromatic nitrogens is 1. The largest absolute Gasteiger partial charge is 0.465 e. The van der Waals surface area contributed by atoms with Crippen molar-refractivity contribution in [2.24, 2.45) is 0 Å². The fourth-order valence-corrected chi connectivity index (χ4v) is 6.26. The molecule has 1 aliphatic carbocycles. The Morgan fingerprint density at radius 1 is 1.02 bits per heavy atom. The molecule has 3 aromatic rings. The predicted molar refractivity (Wildman–Crippen MR) is 161 cm³/mol. The molecule has 3 aliphatic rings. The molecule has 5 amide bonds. The Hall–Kier alpha value is -4.97. The van der Waals surface area contributed by atoms with E-state index in [1.807, 2.05) is 54.6 Å². The van der Waals surface area contributed by atoms with Gasteiger partial charge in [0.2, 0.25) is 11.8 Å². The Balaban J connectivity index is 1.19. The van der Waals surface area contributed by atoms with E-state index in [-0.39, 0.29) is 37.5 Å². The van der Waals surface area contributed by atoms with Crippen LogP contribution in [0.1, 0.15) is 27.8 Å². The van der Waals surface area contributed by atoms with Crippen LogP contribution >= 0.6 is 0 Å². The summed E-state index contributed by atoms with van der Waals surface area (Å²) in [7, 11) is 1.48. The van der Waals surface area contributed by atoms with Crippen molar-refractivity contribution in [3.63, 3.8) is 0 Å². The first kappa shape index (κ1) is 29.1. The van der Waals surface area contributed by atoms with Crippen LogP contribution in [0.3, 0.4) is 0 Å². The summed E-state index contributed by atoms with van der Waals surface area (Å²) in [6.07, 6.45) is 1.66. The van der Waals surface area contributed by atoms with Crippen LogP contribution in [0.5, 0.6) is 0 Å². The lowest BCUT2D eigenvalue weighted by atomic mass is 9.79. The van der Waals surface area contributed by atoms with Crippen molar-refractivity contribution < 1.29 is 29.0 Å². The van der Waals surface area contributed by atoms with Crippen molar-refractivity contribution in [2.45, 2.75) is 31.3 Å². The molecule has 1 spiro atoms. The van der Waals surface area contributed by atoms with Crippen molar-refractivity contribution in [2.75, 3.05) is 50.5 Å². The fourth-order valence-electron chi connectivity index (χ4n) is 6.26. The van der Waals surface area contributed by atoms with E-state index in [9.17, 15) is 24.3 Å². The number of carboxylic acid groups (broad SMARTS) is 1. The minimum atomic E-state index is -1.06. The molecule has 3 N–H and O–H groups in total. The van der Waals surface area contributed by atoms with Gasteiger partial charge < -0.3 is 35.2 Å². The summed E-state index contributed by atoms with van der Waals surface area (Å²) in [5.41, 5.74) is 4.28. The van der Waals surface area contributed by atoms with Gasteiger partial charge >= 0.3 is 12.1 Å². The van der Waals surface area contributed by atoms with Gasteiger partial charge in [-0.05, 0) is 53.3 Å². The second-order valence-corrected chi connectivity index (χ2v) is 11.5. The Kier molecular flexibility index (Phi) is 7.92. The molecule has 228 valence electrons. The van der Waals surface area contributed by atoms with Gasteiger partial charge in [0.25, 0.3) is 0 Å². The highest BCUT2D eigenvalue weighted by molar-refractivity contribution is 6.06. The maximum Gasteiger partial charge on any atom is 0.407 e. The average Bonchev–Trinajstić information content (AvgIpc) is 3.54. The number of nitrogens with one attached hydrogen (secondary N) is 2. The van der Waals surface area contributed by atoms with Gasteiger partial charge in [-0.2, -0.15) is 0 Å². The minimum absolute atomic E-state index is 0.0694. The van der Waals surface area contributed by atoms with E-state index in [4.69, 9.17) is 4.74 Å². The van der Waals surface area contributed by atoms with Crippen molar-refractivity contribution in [1.29, 1.82) is 0 Å². The highest BCUT2D eigenvalue weighted by Crippen LogP contribution is 2.46. The molecular formula is C32H34N6O6. The molecule has 0 bridgehead atoms. The summed E-state index contributed by atoms with van der Waals surface area (Å²) in [6.45, 7) is 1.73. The average molecular weight is 599 g/mol. The highest BCUT2D eigenvalue weighted by Gasteiger charge is 2.51. The van der Waals surface area contributed by atoms with Crippen LogP contribution in [0.2, 0.25) is 0 Å². The lowest BCUT2D eigenvalue weighted by Crippen LogP contribution is -2.49. The van der Waals surface area contributed by atoms with Crippen LogP contribution in [-0.4, -0.2) is 88.6 Å². The Morgan fingerprint density at radius 3 is 2.50 bits per heavy atom. The molecule has 1 atom stereocenters. The van der Waals surface area contributed by atoms with E-state index >= 15 is 0 Å². The van der Waals surface area contributed by atoms with Crippen LogP contribution in [0.25, 0.3) is 0 Å². The standard InChI is InChI=1S/C32H34N6O6/c1-36(31(42)43)18-22-5-2-3-6-23(22)19-38(30(41)37-11-13-44-14-12-37)20-27(39)34-25-9-8-21-16-32(17-24(21)15-25)26-7-4-10-33-28(26)35-29(32)40/h2-10,15H,11-14,16-20H2,1H3,(H,34,39)(H,42,43)(H,33,35,40). The molecule has 1 aromatic heterocycles. The zero-order valence-corrected chi connectivity index (χ0v) is 24.4. The van der Waals surface area contributed by atoms with Gasteiger partial charge in [0.1, 0.15) is 12.4 Å². The molecule has 12 heteroatoms. The Labute approximate surface area is 254 Å². The molecule has 0 radical (unpaired) electrons. The van der Waals surface area contributed by atoms with Gasteiger partial charge in [0.15, 0.2) is 0 Å². The minimum Gasteiger partial charge on any atom is -0.465 e. The smallest absolute Gasteiger partial charge is 0.407 e. The zero-order chi connectivity index (χ0) is 30.8. The van der Waals surface area contributed by atoms with Crippen LogP contribution in [0.15, 0.2) is 60.8 Å². The van der Waals surface area contributed by atoms with Crippen LogP contribution in [-0.2, 0) is 45.7 Å². The molecule has 3 heterocycles. The normalized spacial score (nSPS) is 18.4. The van der Waals surface area contributed by atoms with Crippen LogP contribution in [0.4, 0.5) is 21.1 Å². The first-order valence-corrected chi connectivity index (χ1v) is 14.5. The quantitative estimate of drug-likeness (QED) is 0.379. The second-order valence-electron chi connectivity index (χ2n) is 11.5. The third kappa shape index (κ3) is 5.68. The lowest BCUT2D eigenvalue weighted by molar-refractivity contribution is -0.120. The summed E-state index contributed by atoms with van der Waals surface area (Å²) < 4.78 is 5.41. The number of rotatable bonds is 7. The molecule has 44 heavy (non-hydrogen) atoms. The first-order chi connectivity index (χ1) is 21.2. The van der Waals surface area contributed by atoms with E-state index in [2.05, 4.69) is 15.6 Å². The van der Waals surface area contributed by atoms with Gasteiger partial charge in [0.05, 0.1) is 18.6 Å². The molecule has 1 saturated heterocycles. The van der Waals surface area contributed by atoms with Crippen molar-refractivity contribution in [1.82, 2.24) is 19.7 Å². The number of anilines is 2. The lowest BCUT2D eigenvalue weighted by Gasteiger charge is -2.33. The van der Waals surface area contributed by atoms with E-state index < -0.39 is 11.5 Å². The third-order valence-electron chi connectivity index (χ3n) is 8.56.